The molecule has 0 aromatic heterocycles. The van der Waals surface area contributed by atoms with Crippen LogP contribution in [0.25, 0.3) is 0 Å². The minimum Gasteiger partial charge on any atom is -1.00 e. The first-order valence-electron chi connectivity index (χ1n) is 11.5. The average molecular weight is 495 g/mol. The largest absolute Gasteiger partial charge is 2.00 e. The first-order chi connectivity index (χ1) is 11.5. The third-order valence-corrected chi connectivity index (χ3v) is 3.00. The zero-order chi connectivity index (χ0) is 20.5. The molecule has 0 aliphatic rings. The summed E-state index contributed by atoms with van der Waals surface area (Å²) >= 11 is 0. The third kappa shape index (κ3) is 439. The molecule has 30 heavy (non-hydrogen) atoms. The van der Waals surface area contributed by atoms with Gasteiger partial charge in [0.05, 0.1) is 0 Å². The van der Waals surface area contributed by atoms with Crippen molar-refractivity contribution >= 4 is 23.1 Å². The molecule has 4 nitrogen and oxygen atoms in total. The first-order valence-corrected chi connectivity index (χ1v) is 11.5. The van der Waals surface area contributed by atoms with Crippen molar-refractivity contribution in [2.75, 3.05) is 0 Å². The molecule has 0 radical (unpaired) electrons. The van der Waals surface area contributed by atoms with Crippen LogP contribution in [-0.2, 0) is 21.7 Å². The van der Waals surface area contributed by atoms with E-state index >= 15 is 0 Å². The monoisotopic (exact) mass is 494 g/mol. The van der Waals surface area contributed by atoms with Gasteiger partial charge in [-0.25, -0.2) is 0 Å². The minimum atomic E-state index is 0. The van der Waals surface area contributed by atoms with Crippen LogP contribution in [0.1, 0.15) is 163 Å². The molecular formula is C24H70MgO4Ti. The molecule has 0 amide bonds. The number of unbranched alkanes of at least 4 members (excludes halogenated alkanes) is 6. The smallest absolute Gasteiger partial charge is 1.00 e. The van der Waals surface area contributed by atoms with E-state index in [1.165, 1.54) is 77.0 Å². The molecule has 0 unspecified atom stereocenters. The Kier molecular flexibility index (Phi) is 378. The molecule has 8 N–H and O–H groups in total. The zero-order valence-electron chi connectivity index (χ0n) is 25.7. The van der Waals surface area contributed by atoms with Crippen LogP contribution in [0.2, 0.25) is 0 Å². The van der Waals surface area contributed by atoms with Gasteiger partial charge in [-0.3, -0.25) is 0 Å². The third-order valence-electron chi connectivity index (χ3n) is 3.00. The summed E-state index contributed by atoms with van der Waals surface area (Å²) in [6, 6.07) is 0. The van der Waals surface area contributed by atoms with Gasteiger partial charge in [-0.05, 0) is 0 Å². The number of hydrogen-bond donors (Lipinski definition) is 0. The fourth-order valence-corrected chi connectivity index (χ4v) is 0. The fraction of sp³-hybridized carbons (Fsp3) is 1.00. The van der Waals surface area contributed by atoms with Gasteiger partial charge in [-0.2, -0.15) is 0 Å². The summed E-state index contributed by atoms with van der Waals surface area (Å²) in [5.41, 5.74) is 0. The van der Waals surface area contributed by atoms with Crippen LogP contribution >= 0.6 is 0 Å². The second-order valence-corrected chi connectivity index (χ2v) is 6.00. The van der Waals surface area contributed by atoms with Crippen molar-refractivity contribution in [3.05, 3.63) is 0 Å². The summed E-state index contributed by atoms with van der Waals surface area (Å²) < 4.78 is 0. The van der Waals surface area contributed by atoms with Crippen LogP contribution in [-0.4, -0.2) is 45.0 Å². The molecule has 196 valence electrons. The Bertz CT molecular complexity index is 83.0. The van der Waals surface area contributed by atoms with Gasteiger partial charge in [-0.1, -0.05) is 160 Å². The van der Waals surface area contributed by atoms with Gasteiger partial charge in [0, 0.05) is 21.7 Å². The molecule has 0 saturated heterocycles. The maximum atomic E-state index is 2.18. The Morgan fingerprint density at radius 3 is 0.300 bits per heavy atom. The van der Waals surface area contributed by atoms with Crippen LogP contribution in [0.4, 0.5) is 0 Å². The first kappa shape index (κ1) is 77.1. The van der Waals surface area contributed by atoms with Crippen molar-refractivity contribution in [3.8, 4) is 0 Å². The van der Waals surface area contributed by atoms with Crippen molar-refractivity contribution in [2.45, 2.75) is 160 Å². The van der Waals surface area contributed by atoms with E-state index in [2.05, 4.69) is 83.1 Å². The van der Waals surface area contributed by atoms with Gasteiger partial charge >= 0.3 is 23.1 Å². The summed E-state index contributed by atoms with van der Waals surface area (Å²) in [6.45, 7) is 26.2. The zero-order valence-corrected chi connectivity index (χ0v) is 26.7. The Morgan fingerprint density at radius 2 is 0.300 bits per heavy atom. The molecule has 0 aliphatic carbocycles. The van der Waals surface area contributed by atoms with Gasteiger partial charge in [0.2, 0.25) is 0 Å². The maximum absolute atomic E-state index is 2.18. The summed E-state index contributed by atoms with van der Waals surface area (Å²) in [4.78, 5) is 0. The standard InChI is InChI=1S/6C4H10.Mg.4H2O.Ti.2H/c6*1-3-4-2;;;;;;;;/h6*3-4H2,1-2H3;;4*1H2;;;/q;;;;;;+2;;;;;;2*-1. The van der Waals surface area contributed by atoms with Crippen molar-refractivity contribution in [1.82, 2.24) is 0 Å². The molecular weight excluding hydrogens is 424 g/mol. The molecule has 0 heterocycles. The Morgan fingerprint density at radius 1 is 0.267 bits per heavy atom. The maximum Gasteiger partial charge on any atom is 2.00 e. The Labute approximate surface area is 228 Å². The summed E-state index contributed by atoms with van der Waals surface area (Å²) in [6.07, 6.45) is 15.8. The summed E-state index contributed by atoms with van der Waals surface area (Å²) in [5.74, 6) is 0. The molecule has 0 aromatic carbocycles. The van der Waals surface area contributed by atoms with Crippen LogP contribution < -0.4 is 0 Å². The average Bonchev–Trinajstić information content (AvgIpc) is 2.68. The normalized spacial score (nSPS) is 6.00. The second-order valence-electron chi connectivity index (χ2n) is 6.00. The quantitative estimate of drug-likeness (QED) is 0.341. The molecule has 0 aliphatic heterocycles. The van der Waals surface area contributed by atoms with Crippen molar-refractivity contribution in [1.29, 1.82) is 0 Å². The van der Waals surface area contributed by atoms with E-state index in [1.54, 1.807) is 0 Å². The van der Waals surface area contributed by atoms with Crippen LogP contribution in [0.3, 0.4) is 0 Å². The fourth-order valence-electron chi connectivity index (χ4n) is 0. The minimum absolute atomic E-state index is 0. The van der Waals surface area contributed by atoms with Gasteiger partial charge in [0.15, 0.2) is 0 Å². The second kappa shape index (κ2) is 147. The van der Waals surface area contributed by atoms with Crippen molar-refractivity contribution in [2.24, 2.45) is 0 Å². The Hall–Kier alpha value is 1.32. The Balaban J connectivity index is -0.00000000964. The van der Waals surface area contributed by atoms with Crippen molar-refractivity contribution in [3.63, 3.8) is 0 Å². The van der Waals surface area contributed by atoms with E-state index < -0.39 is 0 Å². The van der Waals surface area contributed by atoms with Crippen LogP contribution in [0.5, 0.6) is 0 Å². The summed E-state index contributed by atoms with van der Waals surface area (Å²) in [7, 11) is 0. The van der Waals surface area contributed by atoms with Gasteiger partial charge in [-0.15, -0.1) is 0 Å². The van der Waals surface area contributed by atoms with E-state index in [4.69, 9.17) is 0 Å². The van der Waals surface area contributed by atoms with E-state index in [0.29, 0.717) is 0 Å². The van der Waals surface area contributed by atoms with Gasteiger partial charge in [0.1, 0.15) is 0 Å². The molecule has 0 rings (SSSR count). The summed E-state index contributed by atoms with van der Waals surface area (Å²) in [5, 5.41) is 0. The van der Waals surface area contributed by atoms with E-state index in [0.717, 1.165) is 0 Å². The van der Waals surface area contributed by atoms with Gasteiger partial charge in [0.25, 0.3) is 0 Å². The van der Waals surface area contributed by atoms with Gasteiger partial charge < -0.3 is 24.8 Å². The number of hydrogen-bond acceptors (Lipinski definition) is 0. The van der Waals surface area contributed by atoms with E-state index in [9.17, 15) is 0 Å². The molecule has 0 saturated carbocycles. The molecule has 0 aromatic rings. The predicted octanol–water partition coefficient (Wildman–Crippen LogP) is 7.38. The predicted molar refractivity (Wildman–Crippen MR) is 146 cm³/mol. The van der Waals surface area contributed by atoms with Crippen LogP contribution in [0, 0.1) is 0 Å². The molecule has 0 fully saturated rings. The molecule has 0 atom stereocenters. The SMILES string of the molecule is CCCC.CCCC.CCCC.CCCC.CCCC.CCCC.O.O.O.O.[H-].[H-].[Mg+2].[Ti]. The number of rotatable bonds is 6. The molecule has 6 heteroatoms. The van der Waals surface area contributed by atoms with E-state index in [-0.39, 0.29) is 69.5 Å². The molecule has 0 bridgehead atoms. The topological polar surface area (TPSA) is 126 Å². The molecule has 0 spiro atoms. The van der Waals surface area contributed by atoms with Crippen LogP contribution in [0.15, 0.2) is 0 Å². The van der Waals surface area contributed by atoms with Crippen molar-refractivity contribution < 1.29 is 46.5 Å². The van der Waals surface area contributed by atoms with E-state index in [1.807, 2.05) is 0 Å².